The summed E-state index contributed by atoms with van der Waals surface area (Å²) >= 11 is 0. The van der Waals surface area contributed by atoms with Crippen LogP contribution in [0, 0.1) is 6.92 Å². The molecule has 0 amide bonds. The molecule has 7 nitrogen and oxygen atoms in total. The summed E-state index contributed by atoms with van der Waals surface area (Å²) in [5.41, 5.74) is 1.54. The van der Waals surface area contributed by atoms with Crippen molar-refractivity contribution in [2.24, 2.45) is 5.10 Å². The maximum atomic E-state index is 12.2. The highest BCUT2D eigenvalue weighted by molar-refractivity contribution is 7.89. The average Bonchev–Trinajstić information content (AvgIpc) is 2.57. The van der Waals surface area contributed by atoms with Crippen molar-refractivity contribution < 1.29 is 22.7 Å². The number of nitrogens with one attached hydrogen (secondary N) is 1. The van der Waals surface area contributed by atoms with Crippen LogP contribution in [0.2, 0.25) is 0 Å². The lowest BCUT2D eigenvalue weighted by molar-refractivity contribution is -0.132. The Kier molecular flexibility index (Phi) is 6.35. The lowest BCUT2D eigenvalue weighted by atomic mass is 10.2. The number of carbonyl (C=O) groups is 1. The van der Waals surface area contributed by atoms with Gasteiger partial charge in [-0.3, -0.25) is 4.79 Å². The molecule has 0 aromatic heterocycles. The zero-order valence-electron chi connectivity index (χ0n) is 14.7. The van der Waals surface area contributed by atoms with Crippen LogP contribution in [-0.4, -0.2) is 27.2 Å². The van der Waals surface area contributed by atoms with Gasteiger partial charge in [-0.1, -0.05) is 17.7 Å². The molecule has 8 heteroatoms. The number of hydrazone groups is 1. The Labute approximate surface area is 152 Å². The van der Waals surface area contributed by atoms with Gasteiger partial charge in [0.2, 0.25) is 0 Å². The van der Waals surface area contributed by atoms with Gasteiger partial charge in [-0.15, -0.1) is 0 Å². The van der Waals surface area contributed by atoms with E-state index < -0.39 is 16.0 Å². The second-order valence-corrected chi connectivity index (χ2v) is 7.06. The molecule has 1 N–H and O–H groups in total. The first-order valence-corrected chi connectivity index (χ1v) is 9.37. The zero-order valence-corrected chi connectivity index (χ0v) is 15.5. The summed E-state index contributed by atoms with van der Waals surface area (Å²) < 4.78 is 34.8. The SMILES string of the molecule is CCOc1cc(/C=N\NS(=O)(=O)c2ccc(C)cc2)ccc1OC(C)=O. The topological polar surface area (TPSA) is 94.1 Å². The molecule has 2 aromatic carbocycles. The Morgan fingerprint density at radius 2 is 1.85 bits per heavy atom. The first kappa shape index (κ1) is 19.5. The van der Waals surface area contributed by atoms with E-state index in [1.165, 1.54) is 25.3 Å². The maximum Gasteiger partial charge on any atom is 0.308 e. The molecule has 2 rings (SSSR count). The van der Waals surface area contributed by atoms with E-state index in [1.54, 1.807) is 37.3 Å². The van der Waals surface area contributed by atoms with Crippen LogP contribution < -0.4 is 14.3 Å². The zero-order chi connectivity index (χ0) is 19.2. The van der Waals surface area contributed by atoms with Crippen LogP contribution in [0.4, 0.5) is 0 Å². The fraction of sp³-hybridized carbons (Fsp3) is 0.222. The molecule has 0 aliphatic carbocycles. The van der Waals surface area contributed by atoms with Crippen LogP contribution in [0.1, 0.15) is 25.0 Å². The molecule has 26 heavy (non-hydrogen) atoms. The van der Waals surface area contributed by atoms with Gasteiger partial charge in [0, 0.05) is 6.92 Å². The molecule has 138 valence electrons. The Morgan fingerprint density at radius 1 is 1.15 bits per heavy atom. The molecule has 0 unspecified atom stereocenters. The van der Waals surface area contributed by atoms with Crippen molar-refractivity contribution >= 4 is 22.2 Å². The molecule has 2 aromatic rings. The van der Waals surface area contributed by atoms with E-state index >= 15 is 0 Å². The average molecular weight is 376 g/mol. The van der Waals surface area contributed by atoms with Crippen molar-refractivity contribution in [2.45, 2.75) is 25.7 Å². The fourth-order valence-corrected chi connectivity index (χ4v) is 2.84. The molecule has 0 radical (unpaired) electrons. The van der Waals surface area contributed by atoms with E-state index in [0.717, 1.165) is 5.56 Å². The third-order valence-corrected chi connectivity index (χ3v) is 4.48. The second kappa shape index (κ2) is 8.48. The van der Waals surface area contributed by atoms with Crippen LogP contribution in [0.25, 0.3) is 0 Å². The molecule has 0 heterocycles. The van der Waals surface area contributed by atoms with Gasteiger partial charge >= 0.3 is 5.97 Å². The second-order valence-electron chi connectivity index (χ2n) is 5.40. The number of benzene rings is 2. The molecule has 0 aliphatic rings. The summed E-state index contributed by atoms with van der Waals surface area (Å²) in [5, 5.41) is 3.78. The molecule has 0 saturated carbocycles. The largest absolute Gasteiger partial charge is 0.490 e. The van der Waals surface area contributed by atoms with Gasteiger partial charge in [0.1, 0.15) is 0 Å². The Bertz CT molecular complexity index is 906. The third-order valence-electron chi connectivity index (χ3n) is 3.24. The quantitative estimate of drug-likeness (QED) is 0.347. The summed E-state index contributed by atoms with van der Waals surface area (Å²) in [6, 6.07) is 11.2. The molecule has 0 atom stereocenters. The van der Waals surface area contributed by atoms with Gasteiger partial charge in [-0.05, 0) is 49.7 Å². The van der Waals surface area contributed by atoms with E-state index in [-0.39, 0.29) is 10.6 Å². The van der Waals surface area contributed by atoms with Gasteiger partial charge < -0.3 is 9.47 Å². The monoisotopic (exact) mass is 376 g/mol. The van der Waals surface area contributed by atoms with Crippen LogP contribution >= 0.6 is 0 Å². The molecular weight excluding hydrogens is 356 g/mol. The maximum absolute atomic E-state index is 12.2. The van der Waals surface area contributed by atoms with Gasteiger partial charge in [-0.2, -0.15) is 13.5 Å². The number of aryl methyl sites for hydroxylation is 1. The van der Waals surface area contributed by atoms with E-state index in [9.17, 15) is 13.2 Å². The smallest absolute Gasteiger partial charge is 0.308 e. The summed E-state index contributed by atoms with van der Waals surface area (Å²) in [5.74, 6) is 0.197. The van der Waals surface area contributed by atoms with E-state index in [2.05, 4.69) is 9.93 Å². The highest BCUT2D eigenvalue weighted by Crippen LogP contribution is 2.28. The summed E-state index contributed by atoms with van der Waals surface area (Å²) in [4.78, 5) is 13.4. The summed E-state index contributed by atoms with van der Waals surface area (Å²) in [6.45, 7) is 5.35. The van der Waals surface area contributed by atoms with Crippen LogP contribution in [0.15, 0.2) is 52.5 Å². The number of nitrogens with zero attached hydrogens (tertiary/aromatic N) is 1. The van der Waals surface area contributed by atoms with Crippen molar-refractivity contribution in [2.75, 3.05) is 6.61 Å². The lowest BCUT2D eigenvalue weighted by Crippen LogP contribution is -2.18. The van der Waals surface area contributed by atoms with Crippen molar-refractivity contribution in [1.82, 2.24) is 4.83 Å². The summed E-state index contributed by atoms with van der Waals surface area (Å²) in [7, 11) is -3.74. The number of carbonyl (C=O) groups excluding carboxylic acids is 1. The highest BCUT2D eigenvalue weighted by Gasteiger charge is 2.12. The first-order chi connectivity index (χ1) is 12.3. The third kappa shape index (κ3) is 5.32. The van der Waals surface area contributed by atoms with Crippen molar-refractivity contribution in [3.8, 4) is 11.5 Å². The molecule has 0 fully saturated rings. The Morgan fingerprint density at radius 3 is 2.46 bits per heavy atom. The number of rotatable bonds is 7. The molecule has 0 bridgehead atoms. The number of sulfonamides is 1. The lowest BCUT2D eigenvalue weighted by Gasteiger charge is -2.10. The number of ether oxygens (including phenoxy) is 2. The predicted molar refractivity (Wildman–Crippen MR) is 98.0 cm³/mol. The number of hydrogen-bond donors (Lipinski definition) is 1. The van der Waals surface area contributed by atoms with E-state index in [0.29, 0.717) is 17.9 Å². The minimum atomic E-state index is -3.74. The van der Waals surface area contributed by atoms with Gasteiger partial charge in [0.25, 0.3) is 10.0 Å². The Hall–Kier alpha value is -2.87. The standard InChI is InChI=1S/C18H20N2O5S/c1-4-24-18-11-15(7-10-17(18)25-14(3)21)12-19-20-26(22,23)16-8-5-13(2)6-9-16/h5-12,20H,4H2,1-3H3/b19-12-. The minimum absolute atomic E-state index is 0.125. The van der Waals surface area contributed by atoms with Crippen LogP contribution in [0.3, 0.4) is 0 Å². The minimum Gasteiger partial charge on any atom is -0.490 e. The summed E-state index contributed by atoms with van der Waals surface area (Å²) in [6.07, 6.45) is 1.34. The van der Waals surface area contributed by atoms with Crippen molar-refractivity contribution in [3.05, 3.63) is 53.6 Å². The van der Waals surface area contributed by atoms with E-state index in [1.807, 2.05) is 6.92 Å². The molecule has 0 saturated heterocycles. The van der Waals surface area contributed by atoms with Gasteiger partial charge in [0.05, 0.1) is 17.7 Å². The number of hydrogen-bond acceptors (Lipinski definition) is 6. The Balaban J connectivity index is 2.15. The predicted octanol–water partition coefficient (Wildman–Crippen LogP) is 2.63. The van der Waals surface area contributed by atoms with Crippen LogP contribution in [-0.2, 0) is 14.8 Å². The van der Waals surface area contributed by atoms with Gasteiger partial charge in [0.15, 0.2) is 11.5 Å². The molecule has 0 aliphatic heterocycles. The fourth-order valence-electron chi connectivity index (χ4n) is 2.05. The van der Waals surface area contributed by atoms with Crippen molar-refractivity contribution in [3.63, 3.8) is 0 Å². The normalized spacial score (nSPS) is 11.3. The van der Waals surface area contributed by atoms with Crippen LogP contribution in [0.5, 0.6) is 11.5 Å². The first-order valence-electron chi connectivity index (χ1n) is 7.88. The highest BCUT2D eigenvalue weighted by atomic mass is 32.2. The van der Waals surface area contributed by atoms with Crippen molar-refractivity contribution in [1.29, 1.82) is 0 Å². The van der Waals surface area contributed by atoms with E-state index in [4.69, 9.17) is 9.47 Å². The van der Waals surface area contributed by atoms with Gasteiger partial charge in [-0.25, -0.2) is 4.83 Å². The molecule has 0 spiro atoms. The number of esters is 1. The molecular formula is C18H20N2O5S.